The number of hydrogen-bond donors (Lipinski definition) is 1. The minimum Gasteiger partial charge on any atom is -0.480 e. The molecule has 2 aliphatic heterocycles. The summed E-state index contributed by atoms with van der Waals surface area (Å²) in [6.07, 6.45) is 4.70. The van der Waals surface area contributed by atoms with E-state index < -0.39 is 5.97 Å². The first-order chi connectivity index (χ1) is 10.1. The molecule has 0 bridgehead atoms. The van der Waals surface area contributed by atoms with Gasteiger partial charge in [0, 0.05) is 26.2 Å². The Labute approximate surface area is 126 Å². The van der Waals surface area contributed by atoms with Crippen LogP contribution in [0.3, 0.4) is 0 Å². The van der Waals surface area contributed by atoms with Gasteiger partial charge >= 0.3 is 12.0 Å². The highest BCUT2D eigenvalue weighted by atomic mass is 16.4. The molecule has 2 fully saturated rings. The van der Waals surface area contributed by atoms with Crippen LogP contribution in [0.4, 0.5) is 4.79 Å². The lowest BCUT2D eigenvalue weighted by atomic mass is 9.96. The fourth-order valence-corrected chi connectivity index (χ4v) is 3.32. The second-order valence-corrected chi connectivity index (χ2v) is 6.13. The van der Waals surface area contributed by atoms with Crippen molar-refractivity contribution >= 4 is 12.0 Å². The van der Waals surface area contributed by atoms with Gasteiger partial charge in [-0.3, -0.25) is 4.79 Å². The molecule has 0 spiro atoms. The van der Waals surface area contributed by atoms with Gasteiger partial charge in [-0.1, -0.05) is 0 Å². The van der Waals surface area contributed by atoms with Crippen LogP contribution in [0.1, 0.15) is 32.6 Å². The Morgan fingerprint density at radius 2 is 1.76 bits per heavy atom. The second-order valence-electron chi connectivity index (χ2n) is 6.13. The number of likely N-dealkylation sites (N-methyl/N-ethyl adjacent to an activating group) is 1. The monoisotopic (exact) mass is 297 g/mol. The van der Waals surface area contributed by atoms with E-state index in [1.807, 2.05) is 11.8 Å². The van der Waals surface area contributed by atoms with Crippen LogP contribution >= 0.6 is 0 Å². The van der Waals surface area contributed by atoms with Gasteiger partial charge in [0.15, 0.2) is 0 Å². The van der Waals surface area contributed by atoms with E-state index in [0.717, 1.165) is 32.5 Å². The first-order valence-corrected chi connectivity index (χ1v) is 8.08. The Balaban J connectivity index is 1.76. The van der Waals surface area contributed by atoms with E-state index >= 15 is 0 Å². The van der Waals surface area contributed by atoms with Crippen LogP contribution in [0.25, 0.3) is 0 Å². The number of rotatable bonds is 5. The molecule has 2 saturated heterocycles. The molecule has 21 heavy (non-hydrogen) atoms. The summed E-state index contributed by atoms with van der Waals surface area (Å²) >= 11 is 0. The largest absolute Gasteiger partial charge is 0.480 e. The second kappa shape index (κ2) is 7.64. The van der Waals surface area contributed by atoms with Crippen LogP contribution in [0.2, 0.25) is 0 Å². The van der Waals surface area contributed by atoms with Gasteiger partial charge in [0.05, 0.1) is 0 Å². The summed E-state index contributed by atoms with van der Waals surface area (Å²) in [7, 11) is 0. The number of piperidine rings is 1. The standard InChI is InChI=1S/C15H27N3O3/c1-2-17(12-14(19)20)15(21)18-9-5-13(6-10-18)11-16-7-3-4-8-16/h13H,2-12H2,1H3,(H,19,20). The molecule has 0 unspecified atom stereocenters. The number of nitrogens with zero attached hydrogens (tertiary/aromatic N) is 3. The van der Waals surface area contributed by atoms with Crippen LogP contribution in [0, 0.1) is 5.92 Å². The molecule has 2 aliphatic rings. The Bertz CT molecular complexity index is 361. The van der Waals surface area contributed by atoms with E-state index in [-0.39, 0.29) is 12.6 Å². The zero-order valence-corrected chi connectivity index (χ0v) is 13.0. The van der Waals surface area contributed by atoms with Crippen LogP contribution in [-0.2, 0) is 4.79 Å². The van der Waals surface area contributed by atoms with Gasteiger partial charge < -0.3 is 19.8 Å². The normalized spacial score (nSPS) is 20.7. The van der Waals surface area contributed by atoms with Gasteiger partial charge in [-0.2, -0.15) is 0 Å². The highest BCUT2D eigenvalue weighted by molar-refractivity contribution is 5.80. The third-order valence-electron chi connectivity index (χ3n) is 4.58. The van der Waals surface area contributed by atoms with E-state index in [1.54, 1.807) is 0 Å². The Kier molecular flexibility index (Phi) is 5.85. The molecule has 120 valence electrons. The predicted octanol–water partition coefficient (Wildman–Crippen LogP) is 1.32. The molecule has 1 N–H and O–H groups in total. The quantitative estimate of drug-likeness (QED) is 0.831. The molecule has 2 rings (SSSR count). The Morgan fingerprint density at radius 1 is 1.14 bits per heavy atom. The van der Waals surface area contributed by atoms with Crippen molar-refractivity contribution in [3.8, 4) is 0 Å². The van der Waals surface area contributed by atoms with Crippen molar-refractivity contribution in [3.05, 3.63) is 0 Å². The number of urea groups is 1. The summed E-state index contributed by atoms with van der Waals surface area (Å²) in [6, 6.07) is -0.125. The number of carbonyl (C=O) groups is 2. The van der Waals surface area contributed by atoms with Crippen LogP contribution in [0.5, 0.6) is 0 Å². The summed E-state index contributed by atoms with van der Waals surface area (Å²) in [5.41, 5.74) is 0. The molecule has 0 saturated carbocycles. The predicted molar refractivity (Wildman–Crippen MR) is 80.2 cm³/mol. The van der Waals surface area contributed by atoms with Gasteiger partial charge in [-0.25, -0.2) is 4.79 Å². The average Bonchev–Trinajstić information content (AvgIpc) is 2.97. The summed E-state index contributed by atoms with van der Waals surface area (Å²) < 4.78 is 0. The van der Waals surface area contributed by atoms with Crippen molar-refractivity contribution < 1.29 is 14.7 Å². The van der Waals surface area contributed by atoms with E-state index in [2.05, 4.69) is 4.90 Å². The van der Waals surface area contributed by atoms with E-state index in [9.17, 15) is 9.59 Å². The van der Waals surface area contributed by atoms with Crippen LogP contribution < -0.4 is 0 Å². The lowest BCUT2D eigenvalue weighted by molar-refractivity contribution is -0.137. The number of carboxylic acid groups (broad SMARTS) is 1. The maximum Gasteiger partial charge on any atom is 0.323 e. The molecule has 2 amide bonds. The molecule has 0 atom stereocenters. The fourth-order valence-electron chi connectivity index (χ4n) is 3.32. The Morgan fingerprint density at radius 3 is 2.29 bits per heavy atom. The summed E-state index contributed by atoms with van der Waals surface area (Å²) in [4.78, 5) is 28.8. The number of aliphatic carboxylic acids is 1. The number of carbonyl (C=O) groups excluding carboxylic acids is 1. The molecular weight excluding hydrogens is 270 g/mol. The summed E-state index contributed by atoms with van der Waals surface area (Å²) in [5.74, 6) is -0.268. The van der Waals surface area contributed by atoms with Crippen molar-refractivity contribution in [1.82, 2.24) is 14.7 Å². The smallest absolute Gasteiger partial charge is 0.323 e. The first-order valence-electron chi connectivity index (χ1n) is 8.08. The molecular formula is C15H27N3O3. The summed E-state index contributed by atoms with van der Waals surface area (Å²) in [5, 5.41) is 8.85. The highest BCUT2D eigenvalue weighted by Gasteiger charge is 2.27. The van der Waals surface area contributed by atoms with Crippen LogP contribution in [-0.4, -0.2) is 77.6 Å². The SMILES string of the molecule is CCN(CC(=O)O)C(=O)N1CCC(CN2CCCC2)CC1. The van der Waals surface area contributed by atoms with Gasteiger partial charge in [0.1, 0.15) is 6.54 Å². The number of likely N-dealkylation sites (tertiary alicyclic amines) is 2. The first kappa shape index (κ1) is 16.1. The number of hydrogen-bond acceptors (Lipinski definition) is 3. The molecule has 6 heteroatoms. The topological polar surface area (TPSA) is 64.1 Å². The minimum atomic E-state index is -0.950. The van der Waals surface area contributed by atoms with E-state index in [1.165, 1.54) is 30.8 Å². The highest BCUT2D eigenvalue weighted by Crippen LogP contribution is 2.21. The fraction of sp³-hybridized carbons (Fsp3) is 0.867. The average molecular weight is 297 g/mol. The number of amides is 2. The van der Waals surface area contributed by atoms with Gasteiger partial charge in [0.2, 0.25) is 0 Å². The van der Waals surface area contributed by atoms with Crippen LogP contribution in [0.15, 0.2) is 0 Å². The molecule has 0 aromatic carbocycles. The molecule has 0 radical (unpaired) electrons. The van der Waals surface area contributed by atoms with Crippen molar-refractivity contribution in [3.63, 3.8) is 0 Å². The van der Waals surface area contributed by atoms with Crippen molar-refractivity contribution in [2.24, 2.45) is 5.92 Å². The van der Waals surface area contributed by atoms with Crippen molar-refractivity contribution in [2.75, 3.05) is 45.8 Å². The third kappa shape index (κ3) is 4.59. The molecule has 0 aliphatic carbocycles. The lowest BCUT2D eigenvalue weighted by Gasteiger charge is -2.36. The zero-order chi connectivity index (χ0) is 15.2. The van der Waals surface area contributed by atoms with Gasteiger partial charge in [-0.15, -0.1) is 0 Å². The maximum atomic E-state index is 12.3. The van der Waals surface area contributed by atoms with Gasteiger partial charge in [0.25, 0.3) is 0 Å². The third-order valence-corrected chi connectivity index (χ3v) is 4.58. The molecule has 0 aromatic rings. The maximum absolute atomic E-state index is 12.3. The minimum absolute atomic E-state index is 0.125. The van der Waals surface area contributed by atoms with Gasteiger partial charge in [-0.05, 0) is 51.6 Å². The molecule has 0 aromatic heterocycles. The van der Waals surface area contributed by atoms with E-state index in [4.69, 9.17) is 5.11 Å². The van der Waals surface area contributed by atoms with Crippen molar-refractivity contribution in [1.29, 1.82) is 0 Å². The molecule has 2 heterocycles. The van der Waals surface area contributed by atoms with Crippen molar-refractivity contribution in [2.45, 2.75) is 32.6 Å². The lowest BCUT2D eigenvalue weighted by Crippen LogP contribution is -2.49. The molecule has 6 nitrogen and oxygen atoms in total. The zero-order valence-electron chi connectivity index (χ0n) is 13.0. The van der Waals surface area contributed by atoms with E-state index in [0.29, 0.717) is 12.5 Å². The number of carboxylic acids is 1. The summed E-state index contributed by atoms with van der Waals surface area (Å²) in [6.45, 7) is 7.18. The Hall–Kier alpha value is -1.30.